The zero-order chi connectivity index (χ0) is 19.4. The zero-order valence-corrected chi connectivity index (χ0v) is 14.8. The Kier molecular flexibility index (Phi) is 6.38. The first-order valence-electron chi connectivity index (χ1n) is 7.59. The number of hydrogen-bond donors (Lipinski definition) is 2. The van der Waals surface area contributed by atoms with Gasteiger partial charge in [0.2, 0.25) is 0 Å². The maximum absolute atomic E-state index is 12.4. The van der Waals surface area contributed by atoms with Crippen molar-refractivity contribution < 1.29 is 27.9 Å². The summed E-state index contributed by atoms with van der Waals surface area (Å²) in [6.45, 7) is -0.213. The lowest BCUT2D eigenvalue weighted by molar-refractivity contribution is 0.0664. The van der Waals surface area contributed by atoms with Gasteiger partial charge in [-0.15, -0.1) is 0 Å². The number of alkyl halides is 2. The largest absolute Gasteiger partial charge is 0.462 e. The molecule has 10 heteroatoms. The molecule has 0 aromatic carbocycles. The lowest BCUT2D eigenvalue weighted by Crippen LogP contribution is -2.41. The second-order valence-corrected chi connectivity index (χ2v) is 6.18. The Hall–Kier alpha value is -2.39. The molecule has 0 radical (unpaired) electrons. The van der Waals surface area contributed by atoms with Crippen LogP contribution in [0.3, 0.4) is 0 Å². The maximum atomic E-state index is 12.4. The van der Waals surface area contributed by atoms with Crippen molar-refractivity contribution in [1.82, 2.24) is 14.8 Å². The normalized spacial score (nSPS) is 12.3. The Morgan fingerprint density at radius 1 is 1.42 bits per heavy atom. The van der Waals surface area contributed by atoms with E-state index in [1.165, 1.54) is 18.0 Å². The van der Waals surface area contributed by atoms with Crippen molar-refractivity contribution in [2.24, 2.45) is 7.05 Å². The standard InChI is InChI=1S/C16H18ClF2N3O4/c1-21-6-10(17)4-12(21)16(25)22(2)7-11(23)5-20-15(24)9-3-13(14(18)19)26-8-9/h3-4,6,8,11,14,23H,5,7H2,1-2H3,(H,20,24). The Bertz CT molecular complexity index is 790. The monoisotopic (exact) mass is 389 g/mol. The Labute approximate surface area is 153 Å². The van der Waals surface area contributed by atoms with Gasteiger partial charge in [-0.05, 0) is 12.1 Å². The molecule has 0 aliphatic carbocycles. The average Bonchev–Trinajstić information content (AvgIpc) is 3.18. The van der Waals surface area contributed by atoms with E-state index >= 15 is 0 Å². The minimum atomic E-state index is -2.81. The second kappa shape index (κ2) is 8.33. The first kappa shape index (κ1) is 19.9. The number of aliphatic hydroxyl groups is 1. The van der Waals surface area contributed by atoms with E-state index in [-0.39, 0.29) is 24.6 Å². The van der Waals surface area contributed by atoms with Crippen molar-refractivity contribution in [2.75, 3.05) is 20.1 Å². The fourth-order valence-electron chi connectivity index (χ4n) is 2.29. The van der Waals surface area contributed by atoms with Gasteiger partial charge in [0.05, 0.1) is 16.7 Å². The molecule has 0 saturated carbocycles. The summed E-state index contributed by atoms with van der Waals surface area (Å²) < 4.78 is 31.0. The first-order chi connectivity index (χ1) is 12.2. The van der Waals surface area contributed by atoms with Crippen molar-refractivity contribution in [3.8, 4) is 0 Å². The van der Waals surface area contributed by atoms with Crippen molar-refractivity contribution in [1.29, 1.82) is 0 Å². The van der Waals surface area contributed by atoms with Crippen LogP contribution < -0.4 is 5.32 Å². The molecule has 1 unspecified atom stereocenters. The summed E-state index contributed by atoms with van der Waals surface area (Å²) in [6.07, 6.45) is -1.37. The number of hydrogen-bond acceptors (Lipinski definition) is 4. The molecule has 7 nitrogen and oxygen atoms in total. The first-order valence-corrected chi connectivity index (χ1v) is 7.97. The number of amides is 2. The number of rotatable bonds is 7. The SMILES string of the molecule is CN(CC(O)CNC(=O)c1coc(C(F)F)c1)C(=O)c1cc(Cl)cn1C. The highest BCUT2D eigenvalue weighted by Gasteiger charge is 2.20. The number of nitrogens with one attached hydrogen (secondary N) is 1. The number of carbonyl (C=O) groups is 2. The summed E-state index contributed by atoms with van der Waals surface area (Å²) in [4.78, 5) is 25.4. The molecule has 26 heavy (non-hydrogen) atoms. The highest BCUT2D eigenvalue weighted by molar-refractivity contribution is 6.31. The molecule has 2 amide bonds. The highest BCUT2D eigenvalue weighted by Crippen LogP contribution is 2.21. The van der Waals surface area contributed by atoms with E-state index in [2.05, 4.69) is 9.73 Å². The molecule has 2 rings (SSSR count). The van der Waals surface area contributed by atoms with Gasteiger partial charge in [-0.3, -0.25) is 9.59 Å². The zero-order valence-electron chi connectivity index (χ0n) is 14.1. The van der Waals surface area contributed by atoms with Crippen molar-refractivity contribution in [3.05, 3.63) is 46.6 Å². The summed E-state index contributed by atoms with van der Waals surface area (Å²) in [6, 6.07) is 2.44. The third-order valence-electron chi connectivity index (χ3n) is 3.62. The van der Waals surface area contributed by atoms with E-state index in [0.29, 0.717) is 10.7 Å². The van der Waals surface area contributed by atoms with E-state index in [0.717, 1.165) is 12.3 Å². The summed E-state index contributed by atoms with van der Waals surface area (Å²) in [5.74, 6) is -1.62. The summed E-state index contributed by atoms with van der Waals surface area (Å²) >= 11 is 5.84. The number of aromatic nitrogens is 1. The third-order valence-corrected chi connectivity index (χ3v) is 3.82. The molecule has 1 atom stereocenters. The van der Waals surface area contributed by atoms with Crippen LogP contribution in [0, 0.1) is 0 Å². The van der Waals surface area contributed by atoms with Crippen LogP contribution in [-0.2, 0) is 7.05 Å². The van der Waals surface area contributed by atoms with Crippen LogP contribution in [0.15, 0.2) is 29.0 Å². The molecule has 0 saturated heterocycles. The predicted molar refractivity (Wildman–Crippen MR) is 89.4 cm³/mol. The number of halogens is 3. The van der Waals surface area contributed by atoms with Crippen LogP contribution in [0.25, 0.3) is 0 Å². The molecule has 0 aliphatic heterocycles. The predicted octanol–water partition coefficient (Wildman–Crippen LogP) is 2.07. The van der Waals surface area contributed by atoms with Gasteiger partial charge in [0.1, 0.15) is 12.0 Å². The molecule has 142 valence electrons. The van der Waals surface area contributed by atoms with Gasteiger partial charge >= 0.3 is 0 Å². The topological polar surface area (TPSA) is 87.7 Å². The average molecular weight is 390 g/mol. The van der Waals surface area contributed by atoms with Crippen molar-refractivity contribution in [2.45, 2.75) is 12.5 Å². The Morgan fingerprint density at radius 3 is 2.65 bits per heavy atom. The quantitative estimate of drug-likeness (QED) is 0.759. The van der Waals surface area contributed by atoms with Crippen LogP contribution in [0.5, 0.6) is 0 Å². The van der Waals surface area contributed by atoms with Crippen molar-refractivity contribution >= 4 is 23.4 Å². The van der Waals surface area contributed by atoms with Crippen LogP contribution in [0.2, 0.25) is 5.02 Å². The molecule has 2 aromatic rings. The van der Waals surface area contributed by atoms with Gasteiger partial charge in [-0.2, -0.15) is 0 Å². The smallest absolute Gasteiger partial charge is 0.295 e. The maximum Gasteiger partial charge on any atom is 0.295 e. The fourth-order valence-corrected chi connectivity index (χ4v) is 2.54. The fraction of sp³-hybridized carbons (Fsp3) is 0.375. The van der Waals surface area contributed by atoms with Crippen LogP contribution in [0.1, 0.15) is 33.0 Å². The summed E-state index contributed by atoms with van der Waals surface area (Å²) in [7, 11) is 3.17. The number of aryl methyl sites for hydroxylation is 1. The number of carbonyl (C=O) groups excluding carboxylic acids is 2. The Balaban J connectivity index is 1.85. The van der Waals surface area contributed by atoms with Crippen LogP contribution in [-0.4, -0.2) is 52.6 Å². The van der Waals surface area contributed by atoms with E-state index in [1.54, 1.807) is 17.8 Å². The van der Waals surface area contributed by atoms with Gasteiger partial charge in [0.15, 0.2) is 5.76 Å². The Morgan fingerprint density at radius 2 is 2.12 bits per heavy atom. The molecular weight excluding hydrogens is 372 g/mol. The summed E-state index contributed by atoms with van der Waals surface area (Å²) in [5.41, 5.74) is 0.280. The van der Waals surface area contributed by atoms with Gasteiger partial charge in [-0.1, -0.05) is 11.6 Å². The highest BCUT2D eigenvalue weighted by atomic mass is 35.5. The van der Waals surface area contributed by atoms with E-state index < -0.39 is 24.2 Å². The lowest BCUT2D eigenvalue weighted by Gasteiger charge is -2.21. The summed E-state index contributed by atoms with van der Waals surface area (Å²) in [5, 5.41) is 12.8. The number of likely N-dealkylation sites (N-methyl/N-ethyl adjacent to an activating group) is 1. The van der Waals surface area contributed by atoms with Gasteiger partial charge in [0, 0.05) is 33.4 Å². The molecule has 2 heterocycles. The van der Waals surface area contributed by atoms with Gasteiger partial charge < -0.3 is 24.3 Å². The van der Waals surface area contributed by atoms with Gasteiger partial charge in [-0.25, -0.2) is 8.78 Å². The molecule has 2 N–H and O–H groups in total. The molecular formula is C16H18ClF2N3O4. The molecule has 0 bridgehead atoms. The van der Waals surface area contributed by atoms with Crippen LogP contribution in [0.4, 0.5) is 8.78 Å². The van der Waals surface area contributed by atoms with Gasteiger partial charge in [0.25, 0.3) is 18.2 Å². The molecule has 0 spiro atoms. The second-order valence-electron chi connectivity index (χ2n) is 5.74. The van der Waals surface area contributed by atoms with E-state index in [4.69, 9.17) is 11.6 Å². The molecule has 2 aromatic heterocycles. The number of furan rings is 1. The van der Waals surface area contributed by atoms with E-state index in [1.807, 2.05) is 0 Å². The third kappa shape index (κ3) is 4.83. The minimum Gasteiger partial charge on any atom is -0.462 e. The number of nitrogens with zero attached hydrogens (tertiary/aromatic N) is 2. The van der Waals surface area contributed by atoms with E-state index in [9.17, 15) is 23.5 Å². The number of aliphatic hydroxyl groups excluding tert-OH is 1. The lowest BCUT2D eigenvalue weighted by atomic mass is 10.2. The molecule has 0 aliphatic rings. The van der Waals surface area contributed by atoms with Crippen LogP contribution >= 0.6 is 11.6 Å². The molecule has 0 fully saturated rings. The van der Waals surface area contributed by atoms with Crippen molar-refractivity contribution in [3.63, 3.8) is 0 Å². The minimum absolute atomic E-state index is 0.0460.